The molecule has 1 fully saturated rings. The summed E-state index contributed by atoms with van der Waals surface area (Å²) in [5, 5.41) is 5.78. The summed E-state index contributed by atoms with van der Waals surface area (Å²) in [6, 6.07) is -0.0729. The van der Waals surface area contributed by atoms with Gasteiger partial charge in [-0.05, 0) is 33.1 Å². The molecular formula is C16H31N3O4. The Kier molecular flexibility index (Phi) is 9.63. The van der Waals surface area contributed by atoms with E-state index in [2.05, 4.69) is 10.6 Å². The van der Waals surface area contributed by atoms with Crippen LogP contribution in [0.25, 0.3) is 0 Å². The van der Waals surface area contributed by atoms with Crippen LogP contribution in [-0.2, 0) is 14.3 Å². The summed E-state index contributed by atoms with van der Waals surface area (Å²) >= 11 is 0. The predicted molar refractivity (Wildman–Crippen MR) is 88.3 cm³/mol. The van der Waals surface area contributed by atoms with E-state index in [1.807, 2.05) is 13.8 Å². The molecule has 134 valence electrons. The first-order valence-electron chi connectivity index (χ1n) is 8.45. The van der Waals surface area contributed by atoms with Gasteiger partial charge in [0, 0.05) is 45.8 Å². The van der Waals surface area contributed by atoms with Crippen LogP contribution in [0.2, 0.25) is 0 Å². The predicted octanol–water partition coefficient (Wildman–Crippen LogP) is 0.986. The Bertz CT molecular complexity index is 355. The van der Waals surface area contributed by atoms with Crippen molar-refractivity contribution in [2.24, 2.45) is 5.92 Å². The highest BCUT2D eigenvalue weighted by Crippen LogP contribution is 2.17. The number of methoxy groups -OCH3 is 1. The third-order valence-corrected chi connectivity index (χ3v) is 3.81. The fourth-order valence-corrected chi connectivity index (χ4v) is 2.48. The fraction of sp³-hybridized carbons (Fsp3) is 0.875. The molecule has 1 heterocycles. The number of nitrogens with one attached hydrogen (secondary N) is 2. The third-order valence-electron chi connectivity index (χ3n) is 3.81. The quantitative estimate of drug-likeness (QED) is 0.618. The number of carbonyl (C=O) groups excluding carboxylic acids is 2. The fourth-order valence-electron chi connectivity index (χ4n) is 2.48. The normalized spacial score (nSPS) is 15.7. The van der Waals surface area contributed by atoms with E-state index in [9.17, 15) is 9.59 Å². The van der Waals surface area contributed by atoms with Crippen LogP contribution in [0.4, 0.5) is 4.79 Å². The smallest absolute Gasteiger partial charge is 0.317 e. The number of ether oxygens (including phenoxy) is 2. The Morgan fingerprint density at radius 1 is 1.13 bits per heavy atom. The van der Waals surface area contributed by atoms with Gasteiger partial charge in [0.15, 0.2) is 0 Å². The van der Waals surface area contributed by atoms with Gasteiger partial charge in [-0.15, -0.1) is 0 Å². The highest BCUT2D eigenvalue weighted by Gasteiger charge is 2.26. The first-order valence-corrected chi connectivity index (χ1v) is 8.45. The van der Waals surface area contributed by atoms with Crippen molar-refractivity contribution in [3.63, 3.8) is 0 Å². The molecule has 3 amide bonds. The van der Waals surface area contributed by atoms with E-state index in [-0.39, 0.29) is 24.0 Å². The van der Waals surface area contributed by atoms with Gasteiger partial charge in [0.2, 0.25) is 5.91 Å². The lowest BCUT2D eigenvalue weighted by atomic mass is 9.96. The molecule has 0 aliphatic carbocycles. The van der Waals surface area contributed by atoms with Crippen molar-refractivity contribution < 1.29 is 19.1 Å². The largest absolute Gasteiger partial charge is 0.385 e. The molecule has 1 aliphatic heterocycles. The molecule has 0 spiro atoms. The number of carbonyl (C=O) groups is 2. The molecule has 1 aliphatic rings. The Balaban J connectivity index is 2.16. The summed E-state index contributed by atoms with van der Waals surface area (Å²) in [6.45, 7) is 7.49. The van der Waals surface area contributed by atoms with Gasteiger partial charge in [-0.3, -0.25) is 4.79 Å². The highest BCUT2D eigenvalue weighted by atomic mass is 16.5. The molecule has 0 aromatic heterocycles. The SMILES string of the molecule is COCCCNC(=O)C1CCN(C(=O)NCCOC(C)C)CC1. The van der Waals surface area contributed by atoms with Crippen LogP contribution in [0.15, 0.2) is 0 Å². The summed E-state index contributed by atoms with van der Waals surface area (Å²) in [4.78, 5) is 25.8. The number of hydrogen-bond acceptors (Lipinski definition) is 4. The van der Waals surface area contributed by atoms with Crippen molar-refractivity contribution in [2.45, 2.75) is 39.2 Å². The Morgan fingerprint density at radius 3 is 2.43 bits per heavy atom. The van der Waals surface area contributed by atoms with Gasteiger partial charge in [0.1, 0.15) is 0 Å². The lowest BCUT2D eigenvalue weighted by molar-refractivity contribution is -0.126. The van der Waals surface area contributed by atoms with Crippen molar-refractivity contribution in [1.82, 2.24) is 15.5 Å². The second-order valence-electron chi connectivity index (χ2n) is 6.05. The van der Waals surface area contributed by atoms with Crippen LogP contribution in [0.3, 0.4) is 0 Å². The summed E-state index contributed by atoms with van der Waals surface area (Å²) in [7, 11) is 1.65. The maximum absolute atomic E-state index is 12.0. The number of nitrogens with zero attached hydrogens (tertiary/aromatic N) is 1. The third kappa shape index (κ3) is 8.18. The van der Waals surface area contributed by atoms with Gasteiger partial charge in [0.05, 0.1) is 12.7 Å². The zero-order valence-corrected chi connectivity index (χ0v) is 14.6. The van der Waals surface area contributed by atoms with Crippen LogP contribution >= 0.6 is 0 Å². The molecular weight excluding hydrogens is 298 g/mol. The van der Waals surface area contributed by atoms with E-state index in [1.54, 1.807) is 12.0 Å². The molecule has 7 nitrogen and oxygen atoms in total. The molecule has 7 heteroatoms. The van der Waals surface area contributed by atoms with Crippen LogP contribution < -0.4 is 10.6 Å². The van der Waals surface area contributed by atoms with Gasteiger partial charge in [-0.25, -0.2) is 4.79 Å². The standard InChI is InChI=1S/C16H31N3O4/c1-13(2)23-12-8-18-16(21)19-9-5-14(6-10-19)15(20)17-7-4-11-22-3/h13-14H,4-12H2,1-3H3,(H,17,20)(H,18,21). The molecule has 1 saturated heterocycles. The van der Waals surface area contributed by atoms with Crippen LogP contribution in [0.5, 0.6) is 0 Å². The molecule has 0 radical (unpaired) electrons. The summed E-state index contributed by atoms with van der Waals surface area (Å²) in [6.07, 6.45) is 2.42. The molecule has 0 atom stereocenters. The Hall–Kier alpha value is -1.34. The Morgan fingerprint density at radius 2 is 1.83 bits per heavy atom. The minimum atomic E-state index is -0.0729. The lowest BCUT2D eigenvalue weighted by Gasteiger charge is -2.31. The van der Waals surface area contributed by atoms with Crippen molar-refractivity contribution >= 4 is 11.9 Å². The van der Waals surface area contributed by atoms with Crippen molar-refractivity contribution in [3.05, 3.63) is 0 Å². The van der Waals surface area contributed by atoms with Crippen LogP contribution in [-0.4, -0.2) is 69.4 Å². The molecule has 0 saturated carbocycles. The second kappa shape index (κ2) is 11.2. The van der Waals surface area contributed by atoms with E-state index in [1.165, 1.54) is 0 Å². The maximum atomic E-state index is 12.0. The lowest BCUT2D eigenvalue weighted by Crippen LogP contribution is -2.47. The number of amides is 3. The zero-order chi connectivity index (χ0) is 17.1. The van der Waals surface area contributed by atoms with Gasteiger partial charge in [-0.1, -0.05) is 0 Å². The summed E-state index contributed by atoms with van der Waals surface area (Å²) < 4.78 is 10.3. The summed E-state index contributed by atoms with van der Waals surface area (Å²) in [5.41, 5.74) is 0. The van der Waals surface area contributed by atoms with Crippen LogP contribution in [0, 0.1) is 5.92 Å². The van der Waals surface area contributed by atoms with Crippen molar-refractivity contribution in [1.29, 1.82) is 0 Å². The number of urea groups is 1. The molecule has 0 aromatic carbocycles. The number of hydrogen-bond donors (Lipinski definition) is 2. The highest BCUT2D eigenvalue weighted by molar-refractivity contribution is 5.79. The van der Waals surface area contributed by atoms with E-state index in [4.69, 9.17) is 9.47 Å². The van der Waals surface area contributed by atoms with E-state index in [0.29, 0.717) is 52.2 Å². The first-order chi connectivity index (χ1) is 11.0. The van der Waals surface area contributed by atoms with Crippen molar-refractivity contribution in [3.8, 4) is 0 Å². The van der Waals surface area contributed by atoms with Gasteiger partial charge in [0.25, 0.3) is 0 Å². The maximum Gasteiger partial charge on any atom is 0.317 e. The number of piperidine rings is 1. The molecule has 0 bridgehead atoms. The second-order valence-corrected chi connectivity index (χ2v) is 6.05. The molecule has 1 rings (SSSR count). The minimum absolute atomic E-state index is 0.00543. The average Bonchev–Trinajstić information content (AvgIpc) is 2.55. The zero-order valence-electron chi connectivity index (χ0n) is 14.6. The Labute approximate surface area is 139 Å². The molecule has 0 unspecified atom stereocenters. The first kappa shape index (κ1) is 19.7. The van der Waals surface area contributed by atoms with Gasteiger partial charge >= 0.3 is 6.03 Å². The number of rotatable bonds is 9. The molecule has 0 aromatic rings. The molecule has 23 heavy (non-hydrogen) atoms. The number of likely N-dealkylation sites (tertiary alicyclic amines) is 1. The van der Waals surface area contributed by atoms with Gasteiger partial charge in [-0.2, -0.15) is 0 Å². The van der Waals surface area contributed by atoms with Crippen molar-refractivity contribution in [2.75, 3.05) is 46.5 Å². The topological polar surface area (TPSA) is 79.9 Å². The minimum Gasteiger partial charge on any atom is -0.385 e. The van der Waals surface area contributed by atoms with E-state index in [0.717, 1.165) is 6.42 Å². The monoisotopic (exact) mass is 329 g/mol. The summed E-state index contributed by atoms with van der Waals surface area (Å²) in [5.74, 6) is 0.0948. The average molecular weight is 329 g/mol. The van der Waals surface area contributed by atoms with Crippen LogP contribution in [0.1, 0.15) is 33.1 Å². The van der Waals surface area contributed by atoms with E-state index < -0.39 is 0 Å². The molecule has 2 N–H and O–H groups in total. The van der Waals surface area contributed by atoms with Gasteiger partial charge < -0.3 is 25.0 Å². The van der Waals surface area contributed by atoms with E-state index >= 15 is 0 Å².